The van der Waals surface area contributed by atoms with Gasteiger partial charge in [0, 0.05) is 13.7 Å². The number of carbonyl (C=O) groups is 1. The van der Waals surface area contributed by atoms with Crippen LogP contribution in [0.25, 0.3) is 11.2 Å². The summed E-state index contributed by atoms with van der Waals surface area (Å²) in [5.41, 5.74) is 8.14. The van der Waals surface area contributed by atoms with Crippen LogP contribution in [-0.2, 0) is 22.6 Å². The Morgan fingerprint density at radius 2 is 1.97 bits per heavy atom. The number of nitrogen functional groups attached to an aromatic ring is 1. The van der Waals surface area contributed by atoms with Crippen molar-refractivity contribution in [1.82, 2.24) is 24.8 Å². The predicted molar refractivity (Wildman–Crippen MR) is 111 cm³/mol. The van der Waals surface area contributed by atoms with Crippen LogP contribution in [0, 0.1) is 0 Å². The van der Waals surface area contributed by atoms with Crippen LogP contribution in [-0.4, -0.2) is 51.5 Å². The predicted octanol–water partition coefficient (Wildman–Crippen LogP) is 0.321. The first-order valence-corrected chi connectivity index (χ1v) is 9.48. The van der Waals surface area contributed by atoms with Crippen molar-refractivity contribution in [2.24, 2.45) is 0 Å². The van der Waals surface area contributed by atoms with Crippen LogP contribution in [0.5, 0.6) is 6.01 Å². The maximum atomic E-state index is 12.4. The Balaban J connectivity index is 1.81. The molecule has 0 aliphatic carbocycles. The lowest BCUT2D eigenvalue weighted by atomic mass is 10.1. The zero-order valence-electron chi connectivity index (χ0n) is 15.8. The van der Waals surface area contributed by atoms with E-state index in [2.05, 4.69) is 32.9 Å². The molecule has 10 nitrogen and oxygen atoms in total. The maximum Gasteiger partial charge on any atom is 0.328 e. The van der Waals surface area contributed by atoms with Crippen molar-refractivity contribution in [2.75, 3.05) is 31.8 Å². The molecule has 0 saturated carbocycles. The number of nitrogens with two attached hydrogens (primary N) is 1. The number of imidazole rings is 1. The lowest BCUT2D eigenvalue weighted by Crippen LogP contribution is -2.23. The standard InChI is InChI=1S/C18H22N6O4S/c1-27-6-7-28-17-22-15(19)14-16(23-17)24(18(26)21-14)9-12-4-2-11(3-5-12)8-20-13(25)10-29/h2-5,29H,6-10H2,1H3,(H,20,25)(H,21,26)(H2,19,22,23). The van der Waals surface area contributed by atoms with E-state index in [0.29, 0.717) is 24.3 Å². The maximum absolute atomic E-state index is 12.4. The molecule has 2 aromatic heterocycles. The summed E-state index contributed by atoms with van der Waals surface area (Å²) in [5.74, 6) is 0.140. The minimum absolute atomic E-state index is 0.0788. The molecule has 11 heteroatoms. The number of aromatic amines is 1. The Morgan fingerprint density at radius 3 is 2.66 bits per heavy atom. The number of fused-ring (bicyclic) bond motifs is 1. The quantitative estimate of drug-likeness (QED) is 0.290. The van der Waals surface area contributed by atoms with Crippen LogP contribution in [0.3, 0.4) is 0 Å². The molecular formula is C18H22N6O4S. The van der Waals surface area contributed by atoms with Crippen LogP contribution in [0.1, 0.15) is 11.1 Å². The summed E-state index contributed by atoms with van der Waals surface area (Å²) >= 11 is 3.92. The van der Waals surface area contributed by atoms with Gasteiger partial charge < -0.3 is 25.5 Å². The van der Waals surface area contributed by atoms with Gasteiger partial charge in [0.05, 0.1) is 18.9 Å². The Kier molecular flexibility index (Phi) is 6.73. The van der Waals surface area contributed by atoms with Crippen molar-refractivity contribution in [3.8, 4) is 6.01 Å². The van der Waals surface area contributed by atoms with Gasteiger partial charge in [0.25, 0.3) is 0 Å². The van der Waals surface area contributed by atoms with E-state index < -0.39 is 0 Å². The number of anilines is 1. The number of hydrogen-bond acceptors (Lipinski definition) is 8. The Labute approximate surface area is 171 Å². The number of thiol groups is 1. The number of benzene rings is 1. The summed E-state index contributed by atoms with van der Waals surface area (Å²) in [6.45, 7) is 1.35. The molecule has 0 aliphatic rings. The molecule has 3 aromatic rings. The molecule has 1 amide bonds. The third kappa shape index (κ3) is 5.06. The lowest BCUT2D eigenvalue weighted by Gasteiger charge is -2.08. The van der Waals surface area contributed by atoms with E-state index in [4.69, 9.17) is 15.2 Å². The van der Waals surface area contributed by atoms with Gasteiger partial charge in [-0.1, -0.05) is 24.3 Å². The highest BCUT2D eigenvalue weighted by molar-refractivity contribution is 7.81. The van der Waals surface area contributed by atoms with Crippen molar-refractivity contribution >= 4 is 35.5 Å². The van der Waals surface area contributed by atoms with Gasteiger partial charge >= 0.3 is 11.7 Å². The second-order valence-corrected chi connectivity index (χ2v) is 6.52. The second-order valence-electron chi connectivity index (χ2n) is 6.20. The number of ether oxygens (including phenoxy) is 2. The fraction of sp³-hybridized carbons (Fsp3) is 0.333. The van der Waals surface area contributed by atoms with Gasteiger partial charge in [-0.3, -0.25) is 9.36 Å². The van der Waals surface area contributed by atoms with Gasteiger partial charge in [0.1, 0.15) is 12.1 Å². The first-order valence-electron chi connectivity index (χ1n) is 8.85. The zero-order valence-corrected chi connectivity index (χ0v) is 16.7. The molecule has 2 heterocycles. The van der Waals surface area contributed by atoms with E-state index in [-0.39, 0.29) is 42.3 Å². The van der Waals surface area contributed by atoms with Crippen molar-refractivity contribution < 1.29 is 14.3 Å². The second kappa shape index (κ2) is 9.43. The summed E-state index contributed by atoms with van der Waals surface area (Å²) in [5, 5.41) is 2.75. The summed E-state index contributed by atoms with van der Waals surface area (Å²) < 4.78 is 11.8. The SMILES string of the molecule is COCCOc1nc(N)c2[nH]c(=O)n(Cc3ccc(CNC(=O)CS)cc3)c2n1. The molecular weight excluding hydrogens is 396 g/mol. The molecule has 0 aliphatic heterocycles. The first-order chi connectivity index (χ1) is 14.0. The summed E-state index contributed by atoms with van der Waals surface area (Å²) in [6, 6.07) is 7.62. The molecule has 29 heavy (non-hydrogen) atoms. The molecule has 0 saturated heterocycles. The molecule has 154 valence electrons. The summed E-state index contributed by atoms with van der Waals surface area (Å²) in [6.07, 6.45) is 0. The molecule has 0 bridgehead atoms. The topological polar surface area (TPSA) is 137 Å². The number of nitrogens with zero attached hydrogens (tertiary/aromatic N) is 3. The van der Waals surface area contributed by atoms with E-state index in [1.54, 1.807) is 7.11 Å². The van der Waals surface area contributed by atoms with E-state index in [1.165, 1.54) is 4.57 Å². The van der Waals surface area contributed by atoms with Crippen LogP contribution in [0.15, 0.2) is 29.1 Å². The smallest absolute Gasteiger partial charge is 0.328 e. The average Bonchev–Trinajstić information content (AvgIpc) is 3.03. The van der Waals surface area contributed by atoms with Gasteiger partial charge in [0.15, 0.2) is 11.5 Å². The molecule has 0 unspecified atom stereocenters. The van der Waals surface area contributed by atoms with Crippen molar-refractivity contribution in [3.63, 3.8) is 0 Å². The molecule has 0 atom stereocenters. The minimum atomic E-state index is -0.347. The van der Waals surface area contributed by atoms with E-state index in [0.717, 1.165) is 11.1 Å². The number of rotatable bonds is 9. The zero-order chi connectivity index (χ0) is 20.8. The summed E-state index contributed by atoms with van der Waals surface area (Å²) in [7, 11) is 1.56. The average molecular weight is 418 g/mol. The van der Waals surface area contributed by atoms with Crippen LogP contribution in [0.2, 0.25) is 0 Å². The Morgan fingerprint density at radius 1 is 1.24 bits per heavy atom. The molecule has 1 aromatic carbocycles. The van der Waals surface area contributed by atoms with Gasteiger partial charge in [-0.2, -0.15) is 22.6 Å². The van der Waals surface area contributed by atoms with E-state index in [9.17, 15) is 9.59 Å². The molecule has 4 N–H and O–H groups in total. The van der Waals surface area contributed by atoms with Crippen LogP contribution < -0.4 is 21.5 Å². The third-order valence-electron chi connectivity index (χ3n) is 4.15. The van der Waals surface area contributed by atoms with Gasteiger partial charge in [0.2, 0.25) is 5.91 Å². The van der Waals surface area contributed by atoms with E-state index >= 15 is 0 Å². The van der Waals surface area contributed by atoms with Crippen LogP contribution >= 0.6 is 12.6 Å². The lowest BCUT2D eigenvalue weighted by molar-refractivity contribution is -0.118. The number of methoxy groups -OCH3 is 1. The molecule has 0 radical (unpaired) electrons. The number of amides is 1. The highest BCUT2D eigenvalue weighted by atomic mass is 32.1. The monoisotopic (exact) mass is 418 g/mol. The number of H-pyrrole nitrogens is 1. The van der Waals surface area contributed by atoms with Crippen molar-refractivity contribution in [3.05, 3.63) is 45.9 Å². The van der Waals surface area contributed by atoms with E-state index in [1.807, 2.05) is 24.3 Å². The number of aromatic nitrogens is 4. The van der Waals surface area contributed by atoms with Crippen LogP contribution in [0.4, 0.5) is 5.82 Å². The highest BCUT2D eigenvalue weighted by Crippen LogP contribution is 2.18. The number of carbonyl (C=O) groups excluding carboxylic acids is 1. The van der Waals surface area contributed by atoms with Gasteiger partial charge in [-0.25, -0.2) is 4.79 Å². The Bertz CT molecular complexity index is 1050. The highest BCUT2D eigenvalue weighted by Gasteiger charge is 2.15. The minimum Gasteiger partial charge on any atom is -0.461 e. The van der Waals surface area contributed by atoms with Crippen molar-refractivity contribution in [1.29, 1.82) is 0 Å². The molecule has 3 rings (SSSR count). The molecule has 0 fully saturated rings. The fourth-order valence-electron chi connectivity index (χ4n) is 2.66. The number of nitrogens with one attached hydrogen (secondary N) is 2. The van der Waals surface area contributed by atoms with Crippen molar-refractivity contribution in [2.45, 2.75) is 13.1 Å². The largest absolute Gasteiger partial charge is 0.461 e. The fourth-order valence-corrected chi connectivity index (χ4v) is 2.77. The number of hydrogen-bond donors (Lipinski definition) is 4. The summed E-state index contributed by atoms with van der Waals surface area (Å²) in [4.78, 5) is 34.8. The van der Waals surface area contributed by atoms with Gasteiger partial charge in [-0.05, 0) is 11.1 Å². The normalized spacial score (nSPS) is 11.0. The Hall–Kier alpha value is -3.05. The first kappa shape index (κ1) is 20.7. The third-order valence-corrected chi connectivity index (χ3v) is 4.43. The molecule has 0 spiro atoms. The van der Waals surface area contributed by atoms with Gasteiger partial charge in [-0.15, -0.1) is 0 Å².